The van der Waals surface area contributed by atoms with E-state index in [4.69, 9.17) is 4.42 Å². The number of aryl methyl sites for hydroxylation is 3. The maximum Gasteiger partial charge on any atom is 0.247 e. The summed E-state index contributed by atoms with van der Waals surface area (Å²) in [4.78, 5) is 0. The van der Waals surface area contributed by atoms with Gasteiger partial charge in [-0.2, -0.15) is 0 Å². The number of hydrogen-bond acceptors (Lipinski definition) is 4. The monoisotopic (exact) mass is 307 g/mol. The summed E-state index contributed by atoms with van der Waals surface area (Å²) in [6.07, 6.45) is 0. The van der Waals surface area contributed by atoms with Crippen LogP contribution in [0.3, 0.4) is 0 Å². The Morgan fingerprint density at radius 3 is 2.30 bits per heavy atom. The van der Waals surface area contributed by atoms with Crippen molar-refractivity contribution in [2.24, 2.45) is 0 Å². The fourth-order valence-corrected chi connectivity index (χ4v) is 2.49. The first-order valence-electron chi connectivity index (χ1n) is 7.77. The molecule has 3 rings (SSSR count). The minimum Gasteiger partial charge on any atom is -0.418 e. The minimum absolute atomic E-state index is 0.0527. The van der Waals surface area contributed by atoms with Crippen molar-refractivity contribution in [2.45, 2.75) is 33.7 Å². The molecule has 118 valence electrons. The second-order valence-corrected chi connectivity index (χ2v) is 6.00. The van der Waals surface area contributed by atoms with Gasteiger partial charge in [0.25, 0.3) is 0 Å². The van der Waals surface area contributed by atoms with Crippen LogP contribution in [0.5, 0.6) is 0 Å². The average molecular weight is 307 g/mol. The number of nitrogens with zero attached hydrogens (tertiary/aromatic N) is 2. The van der Waals surface area contributed by atoms with Crippen LogP contribution in [0.15, 0.2) is 46.9 Å². The van der Waals surface area contributed by atoms with E-state index in [0.717, 1.165) is 11.3 Å². The average Bonchev–Trinajstić information content (AvgIpc) is 3.01. The molecule has 0 saturated heterocycles. The number of benzene rings is 2. The Morgan fingerprint density at radius 1 is 0.913 bits per heavy atom. The first kappa shape index (κ1) is 15.3. The molecular weight excluding hydrogens is 286 g/mol. The molecular formula is C19H21N3O. The van der Waals surface area contributed by atoms with E-state index < -0.39 is 0 Å². The molecule has 23 heavy (non-hydrogen) atoms. The Morgan fingerprint density at radius 2 is 1.61 bits per heavy atom. The zero-order valence-electron chi connectivity index (χ0n) is 13.9. The first-order chi connectivity index (χ1) is 11.0. The van der Waals surface area contributed by atoms with Crippen molar-refractivity contribution < 1.29 is 4.42 Å². The van der Waals surface area contributed by atoms with Gasteiger partial charge >= 0.3 is 0 Å². The SMILES string of the molecule is Cc1ccc(-c2nnc([C@@H](C)Nc3ccc(C)cc3C)o2)cc1. The smallest absolute Gasteiger partial charge is 0.247 e. The standard InChI is InChI=1S/C19H21N3O/c1-12-5-8-16(9-6-12)19-22-21-18(23-19)15(4)20-17-10-7-13(2)11-14(17)3/h5-11,15,20H,1-4H3/t15-/m1/s1. The third kappa shape index (κ3) is 3.42. The molecule has 1 N–H and O–H groups in total. The van der Waals surface area contributed by atoms with Gasteiger partial charge in [0.1, 0.15) is 6.04 Å². The molecule has 0 aliphatic carbocycles. The topological polar surface area (TPSA) is 51.0 Å². The molecule has 0 radical (unpaired) electrons. The van der Waals surface area contributed by atoms with Crippen LogP contribution in [-0.4, -0.2) is 10.2 Å². The molecule has 1 atom stereocenters. The fourth-order valence-electron chi connectivity index (χ4n) is 2.49. The maximum atomic E-state index is 5.82. The molecule has 0 amide bonds. The first-order valence-corrected chi connectivity index (χ1v) is 7.77. The number of anilines is 1. The lowest BCUT2D eigenvalue weighted by atomic mass is 10.1. The second-order valence-electron chi connectivity index (χ2n) is 6.00. The van der Waals surface area contributed by atoms with Gasteiger partial charge in [-0.05, 0) is 51.5 Å². The summed E-state index contributed by atoms with van der Waals surface area (Å²) in [7, 11) is 0. The molecule has 0 aliphatic heterocycles. The number of rotatable bonds is 4. The summed E-state index contributed by atoms with van der Waals surface area (Å²) in [5.41, 5.74) is 5.68. The van der Waals surface area contributed by atoms with Crippen LogP contribution in [0.1, 0.15) is 35.5 Å². The van der Waals surface area contributed by atoms with Crippen LogP contribution in [-0.2, 0) is 0 Å². The molecule has 0 bridgehead atoms. The predicted molar refractivity (Wildman–Crippen MR) is 92.4 cm³/mol. The summed E-state index contributed by atoms with van der Waals surface area (Å²) in [5, 5.41) is 11.8. The van der Waals surface area contributed by atoms with Gasteiger partial charge < -0.3 is 9.73 Å². The lowest BCUT2D eigenvalue weighted by Crippen LogP contribution is -2.08. The molecule has 1 heterocycles. The number of nitrogens with one attached hydrogen (secondary N) is 1. The van der Waals surface area contributed by atoms with E-state index in [-0.39, 0.29) is 6.04 Å². The highest BCUT2D eigenvalue weighted by Gasteiger charge is 2.15. The quantitative estimate of drug-likeness (QED) is 0.749. The Kier molecular flexibility index (Phi) is 4.15. The lowest BCUT2D eigenvalue weighted by Gasteiger charge is -2.14. The predicted octanol–water partition coefficient (Wildman–Crippen LogP) is 4.83. The number of hydrogen-bond donors (Lipinski definition) is 1. The van der Waals surface area contributed by atoms with Crippen molar-refractivity contribution in [2.75, 3.05) is 5.32 Å². The summed E-state index contributed by atoms with van der Waals surface area (Å²) in [6, 6.07) is 14.3. The van der Waals surface area contributed by atoms with Crippen molar-refractivity contribution in [3.05, 3.63) is 65.0 Å². The molecule has 0 saturated carbocycles. The largest absolute Gasteiger partial charge is 0.418 e. The Balaban J connectivity index is 1.78. The van der Waals surface area contributed by atoms with E-state index in [1.807, 2.05) is 31.2 Å². The maximum absolute atomic E-state index is 5.82. The molecule has 0 aliphatic rings. The molecule has 4 nitrogen and oxygen atoms in total. The van der Waals surface area contributed by atoms with Gasteiger partial charge in [0.15, 0.2) is 0 Å². The van der Waals surface area contributed by atoms with Crippen molar-refractivity contribution in [3.8, 4) is 11.5 Å². The molecule has 0 unspecified atom stereocenters. The van der Waals surface area contributed by atoms with Crippen LogP contribution < -0.4 is 5.32 Å². The number of aromatic nitrogens is 2. The van der Waals surface area contributed by atoms with Crippen molar-refractivity contribution in [1.29, 1.82) is 0 Å². The highest BCUT2D eigenvalue weighted by Crippen LogP contribution is 2.25. The molecule has 0 spiro atoms. The van der Waals surface area contributed by atoms with Gasteiger partial charge in [0.2, 0.25) is 11.8 Å². The van der Waals surface area contributed by atoms with Gasteiger partial charge in [-0.15, -0.1) is 10.2 Å². The molecule has 2 aromatic carbocycles. The van der Waals surface area contributed by atoms with Crippen molar-refractivity contribution in [1.82, 2.24) is 10.2 Å². The summed E-state index contributed by atoms with van der Waals surface area (Å²) >= 11 is 0. The van der Waals surface area contributed by atoms with Gasteiger partial charge in [0, 0.05) is 11.3 Å². The Bertz CT molecular complexity index is 806. The van der Waals surface area contributed by atoms with Crippen LogP contribution in [0.25, 0.3) is 11.5 Å². The van der Waals surface area contributed by atoms with Crippen LogP contribution in [0.2, 0.25) is 0 Å². The van der Waals surface area contributed by atoms with Gasteiger partial charge in [-0.3, -0.25) is 0 Å². The van der Waals surface area contributed by atoms with Gasteiger partial charge in [0.05, 0.1) is 0 Å². The Hall–Kier alpha value is -2.62. The van der Waals surface area contributed by atoms with Gasteiger partial charge in [-0.25, -0.2) is 0 Å². The molecule has 4 heteroatoms. The van der Waals surface area contributed by atoms with Crippen molar-refractivity contribution in [3.63, 3.8) is 0 Å². The zero-order chi connectivity index (χ0) is 16.4. The van der Waals surface area contributed by atoms with Crippen molar-refractivity contribution >= 4 is 5.69 Å². The zero-order valence-corrected chi connectivity index (χ0v) is 13.9. The summed E-state index contributed by atoms with van der Waals surface area (Å²) in [5.74, 6) is 1.13. The molecule has 1 aromatic heterocycles. The van der Waals surface area contributed by atoms with E-state index in [1.54, 1.807) is 0 Å². The summed E-state index contributed by atoms with van der Waals surface area (Å²) in [6.45, 7) is 8.25. The van der Waals surface area contributed by atoms with Gasteiger partial charge in [-0.1, -0.05) is 35.4 Å². The fraction of sp³-hybridized carbons (Fsp3) is 0.263. The van der Waals surface area contributed by atoms with Crippen LogP contribution >= 0.6 is 0 Å². The molecule has 0 fully saturated rings. The van der Waals surface area contributed by atoms with E-state index in [0.29, 0.717) is 11.8 Å². The summed E-state index contributed by atoms with van der Waals surface area (Å²) < 4.78 is 5.82. The Labute approximate surface area is 136 Å². The van der Waals surface area contributed by atoms with E-state index in [2.05, 4.69) is 54.5 Å². The highest BCUT2D eigenvalue weighted by molar-refractivity contribution is 5.54. The van der Waals surface area contributed by atoms with E-state index in [1.165, 1.54) is 16.7 Å². The third-order valence-corrected chi connectivity index (χ3v) is 3.86. The van der Waals surface area contributed by atoms with E-state index >= 15 is 0 Å². The highest BCUT2D eigenvalue weighted by atomic mass is 16.4. The van der Waals surface area contributed by atoms with Crippen LogP contribution in [0, 0.1) is 20.8 Å². The normalized spacial score (nSPS) is 12.2. The van der Waals surface area contributed by atoms with Crippen LogP contribution in [0.4, 0.5) is 5.69 Å². The minimum atomic E-state index is -0.0527. The van der Waals surface area contributed by atoms with E-state index in [9.17, 15) is 0 Å². The lowest BCUT2D eigenvalue weighted by molar-refractivity contribution is 0.485. The third-order valence-electron chi connectivity index (χ3n) is 3.86. The second kappa shape index (κ2) is 6.24. The molecule has 3 aromatic rings.